The monoisotopic (exact) mass is 299 g/mol. The summed E-state index contributed by atoms with van der Waals surface area (Å²) in [4.78, 5) is 4.94. The molecule has 0 N–H and O–H groups in total. The zero-order valence-corrected chi connectivity index (χ0v) is 15.5. The summed E-state index contributed by atoms with van der Waals surface area (Å²) < 4.78 is 0. The highest BCUT2D eigenvalue weighted by atomic mass is 14.8. The molecule has 0 heterocycles. The van der Waals surface area contributed by atoms with Gasteiger partial charge in [0.25, 0.3) is 0 Å². The van der Waals surface area contributed by atoms with E-state index < -0.39 is 0 Å². The van der Waals surface area contributed by atoms with Crippen LogP contribution in [-0.4, -0.2) is 12.3 Å². The van der Waals surface area contributed by atoms with Crippen molar-refractivity contribution in [2.75, 3.05) is 0 Å². The van der Waals surface area contributed by atoms with Gasteiger partial charge in [-0.05, 0) is 40.6 Å². The van der Waals surface area contributed by atoms with Gasteiger partial charge in [-0.3, -0.25) is 4.99 Å². The smallest absolute Gasteiger partial charge is 0.0510 e. The van der Waals surface area contributed by atoms with Crippen LogP contribution in [0.5, 0.6) is 0 Å². The van der Waals surface area contributed by atoms with Crippen molar-refractivity contribution in [2.24, 2.45) is 27.2 Å². The summed E-state index contributed by atoms with van der Waals surface area (Å²) in [5, 5.41) is 0. The largest absolute Gasteiger partial charge is 0.289 e. The third kappa shape index (κ3) is 3.80. The van der Waals surface area contributed by atoms with Gasteiger partial charge in [0.2, 0.25) is 0 Å². The van der Waals surface area contributed by atoms with Crippen LogP contribution >= 0.6 is 0 Å². The molecule has 22 heavy (non-hydrogen) atoms. The Morgan fingerprint density at radius 2 is 1.45 bits per heavy atom. The number of benzene rings is 1. The predicted octanol–water partition coefficient (Wildman–Crippen LogP) is 5.98. The Hall–Kier alpha value is -1.11. The maximum absolute atomic E-state index is 4.94. The summed E-state index contributed by atoms with van der Waals surface area (Å²) in [5.74, 6) is 0.704. The van der Waals surface area contributed by atoms with Gasteiger partial charge >= 0.3 is 0 Å². The number of rotatable bonds is 2. The molecule has 1 heteroatoms. The zero-order chi connectivity index (χ0) is 16.6. The third-order valence-corrected chi connectivity index (χ3v) is 5.19. The lowest BCUT2D eigenvalue weighted by Gasteiger charge is -2.57. The molecule has 1 aromatic carbocycles. The van der Waals surface area contributed by atoms with Crippen LogP contribution in [0.3, 0.4) is 0 Å². The summed E-state index contributed by atoms with van der Waals surface area (Å²) in [7, 11) is 0. The van der Waals surface area contributed by atoms with Crippen molar-refractivity contribution < 1.29 is 0 Å². The first-order valence-electron chi connectivity index (χ1n) is 8.61. The van der Waals surface area contributed by atoms with Crippen LogP contribution in [0.4, 0.5) is 0 Å². The van der Waals surface area contributed by atoms with Crippen LogP contribution in [0.1, 0.15) is 66.9 Å². The van der Waals surface area contributed by atoms with Gasteiger partial charge in [-0.2, -0.15) is 0 Å². The summed E-state index contributed by atoms with van der Waals surface area (Å²) in [5.41, 5.74) is 2.18. The highest BCUT2D eigenvalue weighted by Crippen LogP contribution is 2.58. The SMILES string of the molecule is CC(C)(C)C1C(C)(C)CC(/N=C/c2ccccc2)CC1(C)C. The molecule has 0 unspecified atom stereocenters. The number of aliphatic imine (C=N–C) groups is 1. The topological polar surface area (TPSA) is 12.4 Å². The first kappa shape index (κ1) is 17.2. The Morgan fingerprint density at radius 3 is 1.91 bits per heavy atom. The van der Waals surface area contributed by atoms with E-state index in [-0.39, 0.29) is 0 Å². The molecule has 0 saturated heterocycles. The zero-order valence-electron chi connectivity index (χ0n) is 15.5. The first-order valence-corrected chi connectivity index (χ1v) is 8.61. The van der Waals surface area contributed by atoms with Crippen LogP contribution in [0.25, 0.3) is 0 Å². The van der Waals surface area contributed by atoms with Crippen molar-refractivity contribution in [3.8, 4) is 0 Å². The molecule has 1 aliphatic carbocycles. The van der Waals surface area contributed by atoms with Crippen molar-refractivity contribution in [1.29, 1.82) is 0 Å². The molecular formula is C21H33N. The van der Waals surface area contributed by atoms with E-state index in [1.807, 2.05) is 0 Å². The molecule has 2 rings (SSSR count). The standard InChI is InChI=1S/C21H33N/c1-19(2,3)18-20(4,5)13-17(14-21(18,6)7)22-15-16-11-9-8-10-12-16/h8-12,15,17-18H,13-14H2,1-7H3/b22-15+. The lowest BCUT2D eigenvalue weighted by Crippen LogP contribution is -2.50. The fourth-order valence-corrected chi connectivity index (χ4v) is 5.76. The van der Waals surface area contributed by atoms with E-state index in [0.29, 0.717) is 28.2 Å². The van der Waals surface area contributed by atoms with E-state index in [2.05, 4.69) is 85.0 Å². The van der Waals surface area contributed by atoms with Gasteiger partial charge in [-0.15, -0.1) is 0 Å². The van der Waals surface area contributed by atoms with E-state index >= 15 is 0 Å². The minimum Gasteiger partial charge on any atom is -0.289 e. The molecule has 0 aromatic heterocycles. The van der Waals surface area contributed by atoms with Crippen LogP contribution < -0.4 is 0 Å². The van der Waals surface area contributed by atoms with E-state index in [1.54, 1.807) is 0 Å². The maximum Gasteiger partial charge on any atom is 0.0510 e. The number of hydrogen-bond acceptors (Lipinski definition) is 1. The molecule has 1 saturated carbocycles. The van der Waals surface area contributed by atoms with Gasteiger partial charge in [0.15, 0.2) is 0 Å². The summed E-state index contributed by atoms with van der Waals surface area (Å²) in [6.45, 7) is 17.0. The van der Waals surface area contributed by atoms with Crippen molar-refractivity contribution in [1.82, 2.24) is 0 Å². The Kier molecular flexibility index (Phi) is 4.57. The maximum atomic E-state index is 4.94. The van der Waals surface area contributed by atoms with Crippen molar-refractivity contribution in [3.05, 3.63) is 35.9 Å². The molecule has 1 aliphatic rings. The summed E-state index contributed by atoms with van der Waals surface area (Å²) >= 11 is 0. The molecule has 122 valence electrons. The molecule has 1 nitrogen and oxygen atoms in total. The average molecular weight is 300 g/mol. The Bertz CT molecular complexity index is 499. The van der Waals surface area contributed by atoms with Gasteiger partial charge in [0.1, 0.15) is 0 Å². The Balaban J connectivity index is 2.21. The van der Waals surface area contributed by atoms with E-state index in [0.717, 1.165) is 0 Å². The minimum atomic E-state index is 0.318. The lowest BCUT2D eigenvalue weighted by atomic mass is 9.49. The first-order chi connectivity index (χ1) is 10.0. The van der Waals surface area contributed by atoms with Gasteiger partial charge < -0.3 is 0 Å². The second kappa shape index (κ2) is 5.83. The molecule has 0 spiro atoms. The van der Waals surface area contributed by atoms with Crippen molar-refractivity contribution in [2.45, 2.75) is 67.3 Å². The number of hydrogen-bond donors (Lipinski definition) is 0. The minimum absolute atomic E-state index is 0.318. The second-order valence-electron chi connectivity index (χ2n) is 9.53. The fourth-order valence-electron chi connectivity index (χ4n) is 5.76. The van der Waals surface area contributed by atoms with Gasteiger partial charge in [0.05, 0.1) is 6.04 Å². The van der Waals surface area contributed by atoms with Crippen LogP contribution in [-0.2, 0) is 0 Å². The van der Waals surface area contributed by atoms with E-state index in [4.69, 9.17) is 4.99 Å². The molecule has 1 aromatic rings. The molecule has 1 fully saturated rings. The van der Waals surface area contributed by atoms with Crippen molar-refractivity contribution >= 4 is 6.21 Å². The molecule has 0 amide bonds. The second-order valence-corrected chi connectivity index (χ2v) is 9.53. The average Bonchev–Trinajstić information content (AvgIpc) is 2.32. The lowest BCUT2D eigenvalue weighted by molar-refractivity contribution is -0.0648. The highest BCUT2D eigenvalue weighted by molar-refractivity contribution is 5.79. The molecule has 0 radical (unpaired) electrons. The highest BCUT2D eigenvalue weighted by Gasteiger charge is 2.51. The van der Waals surface area contributed by atoms with Gasteiger partial charge in [-0.25, -0.2) is 0 Å². The Morgan fingerprint density at radius 1 is 0.955 bits per heavy atom. The molecule has 0 atom stereocenters. The van der Waals surface area contributed by atoms with Crippen LogP contribution in [0.15, 0.2) is 35.3 Å². The Labute approximate surface area is 137 Å². The normalized spacial score (nSPS) is 28.0. The summed E-state index contributed by atoms with van der Waals surface area (Å²) in [6.07, 6.45) is 4.43. The van der Waals surface area contributed by atoms with Gasteiger partial charge in [-0.1, -0.05) is 78.8 Å². The molecule has 0 bridgehead atoms. The predicted molar refractivity (Wildman–Crippen MR) is 97.6 cm³/mol. The van der Waals surface area contributed by atoms with E-state index in [9.17, 15) is 0 Å². The quantitative estimate of drug-likeness (QED) is 0.595. The fraction of sp³-hybridized carbons (Fsp3) is 0.667. The third-order valence-electron chi connectivity index (χ3n) is 5.19. The van der Waals surface area contributed by atoms with Crippen molar-refractivity contribution in [3.63, 3.8) is 0 Å². The van der Waals surface area contributed by atoms with Crippen LogP contribution in [0.2, 0.25) is 0 Å². The molecular weight excluding hydrogens is 266 g/mol. The molecule has 0 aliphatic heterocycles. The van der Waals surface area contributed by atoms with Crippen LogP contribution in [0, 0.1) is 22.2 Å². The van der Waals surface area contributed by atoms with E-state index in [1.165, 1.54) is 18.4 Å². The number of nitrogens with zero attached hydrogens (tertiary/aromatic N) is 1. The summed E-state index contributed by atoms with van der Waals surface area (Å²) in [6, 6.07) is 10.9. The van der Waals surface area contributed by atoms with Gasteiger partial charge in [0, 0.05) is 6.21 Å².